The Morgan fingerprint density at radius 2 is 0.821 bits per heavy atom. The summed E-state index contributed by atoms with van der Waals surface area (Å²) >= 11 is 1.08. The summed E-state index contributed by atoms with van der Waals surface area (Å²) < 4.78 is 1.53. The zero-order chi connectivity index (χ0) is 39.7. The molecule has 0 fully saturated rings. The smallest absolute Gasteiger partial charge is 0.172 e. The Balaban J connectivity index is 0.000000340. The summed E-state index contributed by atoms with van der Waals surface area (Å²) in [4.78, 5) is 0. The van der Waals surface area contributed by atoms with Gasteiger partial charge in [0.25, 0.3) is 0 Å². The van der Waals surface area contributed by atoms with E-state index in [1.54, 1.807) is 10.4 Å². The normalized spacial score (nSPS) is 11.8. The number of hydrogen-bond acceptors (Lipinski definition) is 0. The van der Waals surface area contributed by atoms with Gasteiger partial charge in [0.2, 0.25) is 0 Å². The summed E-state index contributed by atoms with van der Waals surface area (Å²) in [6.45, 7) is 28.0. The van der Waals surface area contributed by atoms with Crippen LogP contribution in [0.5, 0.6) is 0 Å². The van der Waals surface area contributed by atoms with Crippen LogP contribution in [0.4, 0.5) is 0 Å². The zero-order valence-corrected chi connectivity index (χ0v) is 43.7. The molecular weight excluding hydrogens is 918 g/mol. The minimum absolute atomic E-state index is 0. The molecule has 56 heavy (non-hydrogen) atoms. The number of rotatable bonds is 10. The van der Waals surface area contributed by atoms with E-state index in [9.17, 15) is 0 Å². The molecule has 0 spiro atoms. The molecule has 0 aliphatic rings. The Kier molecular flexibility index (Phi) is 19.4. The van der Waals surface area contributed by atoms with Gasteiger partial charge in [-0.15, -0.1) is 39.7 Å². The number of benzene rings is 4. The standard InChI is InChI=1S/C25H38Si2.C21H25.C5H5.2ClH.Hf/c1-7-26(8-2,9-3)24-17-13-22(14-18-24)21-23-15-19-25(20-16-23)27(10-4,11-5)12-6;1-20(2,3)16-7-9-18-14(12-16)11-15-13-17(21(4,5)6)8-10-19(15)18;1-2-4-5-3-1;;;/h13-20H,7-12H2,1-6H3;7-13H,1-6H3;1-5H;2*1H;/q;2*-1;;;+2/p-2. The van der Waals surface area contributed by atoms with Crippen LogP contribution >= 0.6 is 0 Å². The molecular formula is C51H68Cl2HfSi2-2. The fourth-order valence-corrected chi connectivity index (χ4v) is 16.5. The molecule has 0 radical (unpaired) electrons. The summed E-state index contributed by atoms with van der Waals surface area (Å²) in [6, 6.07) is 53.7. The molecule has 6 aromatic carbocycles. The molecule has 0 saturated heterocycles. The minimum Gasteiger partial charge on any atom is -1.00 e. The second-order valence-electron chi connectivity index (χ2n) is 17.4. The van der Waals surface area contributed by atoms with Gasteiger partial charge in [-0.3, -0.25) is 0 Å². The number of fused-ring (bicyclic) bond motifs is 3. The monoisotopic (exact) mass is 986 g/mol. The second-order valence-corrected chi connectivity index (χ2v) is 29.7. The van der Waals surface area contributed by atoms with Gasteiger partial charge in [-0.2, -0.15) is 18.2 Å². The third kappa shape index (κ3) is 11.7. The average Bonchev–Trinajstić information content (AvgIpc) is 3.88. The molecule has 0 saturated carbocycles. The van der Waals surface area contributed by atoms with E-state index in [1.165, 1.54) is 83.3 Å². The zero-order valence-electron chi connectivity index (χ0n) is 36.5. The molecule has 0 amide bonds. The second kappa shape index (κ2) is 21.7. The molecule has 0 N–H and O–H groups in total. The largest absolute Gasteiger partial charge is 1.00 e. The third-order valence-corrected chi connectivity index (χ3v) is 25.9. The van der Waals surface area contributed by atoms with Gasteiger partial charge in [0.15, 0.2) is 0 Å². The average molecular weight is 987 g/mol. The van der Waals surface area contributed by atoms with Gasteiger partial charge in [-0.1, -0.05) is 76.9 Å². The number of halogens is 2. The van der Waals surface area contributed by atoms with Crippen molar-refractivity contribution in [1.82, 2.24) is 0 Å². The summed E-state index contributed by atoms with van der Waals surface area (Å²) in [7, 11) is -2.53. The Labute approximate surface area is 370 Å². The minimum atomic E-state index is -1.27. The molecule has 0 heterocycles. The van der Waals surface area contributed by atoms with Crippen molar-refractivity contribution in [3.8, 4) is 0 Å². The fraction of sp³-hybridized carbons (Fsp3) is 0.392. The Morgan fingerprint density at radius 3 is 1.07 bits per heavy atom. The Bertz CT molecular complexity index is 1880. The molecule has 300 valence electrons. The molecule has 0 aliphatic heterocycles. The predicted octanol–water partition coefficient (Wildman–Crippen LogP) is 7.95. The predicted molar refractivity (Wildman–Crippen MR) is 246 cm³/mol. The van der Waals surface area contributed by atoms with E-state index in [4.69, 9.17) is 0 Å². The van der Waals surface area contributed by atoms with Crippen molar-refractivity contribution in [2.24, 2.45) is 0 Å². The van der Waals surface area contributed by atoms with Gasteiger partial charge in [0, 0.05) is 0 Å². The van der Waals surface area contributed by atoms with Gasteiger partial charge >= 0.3 is 191 Å². The van der Waals surface area contributed by atoms with Gasteiger partial charge < -0.3 is 24.8 Å². The van der Waals surface area contributed by atoms with Crippen LogP contribution in [0.15, 0.2) is 121 Å². The van der Waals surface area contributed by atoms with Crippen molar-refractivity contribution in [2.45, 2.75) is 130 Å². The van der Waals surface area contributed by atoms with Crippen molar-refractivity contribution in [3.05, 3.63) is 144 Å². The molecule has 5 heteroatoms. The van der Waals surface area contributed by atoms with E-state index in [-0.39, 0.29) is 35.6 Å². The molecule has 6 aromatic rings. The Morgan fingerprint density at radius 1 is 0.500 bits per heavy atom. The van der Waals surface area contributed by atoms with Crippen LogP contribution in [0.1, 0.15) is 105 Å². The van der Waals surface area contributed by atoms with Crippen molar-refractivity contribution < 1.29 is 48.7 Å². The summed E-state index contributed by atoms with van der Waals surface area (Å²) in [5.74, 6) is 0. The fourth-order valence-electron chi connectivity index (χ4n) is 8.15. The van der Waals surface area contributed by atoms with Crippen molar-refractivity contribution in [2.75, 3.05) is 0 Å². The van der Waals surface area contributed by atoms with Crippen LogP contribution in [0.2, 0.25) is 36.3 Å². The molecule has 0 aromatic heterocycles. The topological polar surface area (TPSA) is 0 Å². The molecule has 0 aliphatic carbocycles. The van der Waals surface area contributed by atoms with Crippen molar-refractivity contribution >= 4 is 51.3 Å². The first-order valence-corrected chi connectivity index (χ1v) is 27.8. The van der Waals surface area contributed by atoms with Crippen LogP contribution in [-0.2, 0) is 34.7 Å². The first-order valence-electron chi connectivity index (χ1n) is 20.7. The van der Waals surface area contributed by atoms with Gasteiger partial charge in [0.1, 0.15) is 0 Å². The van der Waals surface area contributed by atoms with Crippen LogP contribution < -0.4 is 35.2 Å². The quantitative estimate of drug-likeness (QED) is 0.0967. The van der Waals surface area contributed by atoms with Gasteiger partial charge in [-0.05, 0) is 10.8 Å². The number of hydrogen-bond donors (Lipinski definition) is 0. The van der Waals surface area contributed by atoms with Crippen LogP contribution in [-0.4, -0.2) is 19.4 Å². The van der Waals surface area contributed by atoms with Crippen molar-refractivity contribution in [3.63, 3.8) is 0 Å². The molecule has 0 atom stereocenters. The maximum absolute atomic E-state index is 2.45. The summed E-state index contributed by atoms with van der Waals surface area (Å²) in [5, 5.41) is 8.78. The van der Waals surface area contributed by atoms with Gasteiger partial charge in [-0.25, -0.2) is 12.1 Å². The molecule has 6 rings (SSSR count). The van der Waals surface area contributed by atoms with Crippen LogP contribution in [0.3, 0.4) is 0 Å². The molecule has 0 bridgehead atoms. The van der Waals surface area contributed by atoms with E-state index in [0.717, 1.165) is 23.9 Å². The van der Waals surface area contributed by atoms with Crippen LogP contribution in [0.25, 0.3) is 21.5 Å². The molecule has 0 unspecified atom stereocenters. The summed E-state index contributed by atoms with van der Waals surface area (Å²) in [6.07, 6.45) is 0. The first-order chi connectivity index (χ1) is 25.6. The maximum Gasteiger partial charge on any atom is -0.172 e. The first kappa shape index (κ1) is 50.0. The van der Waals surface area contributed by atoms with Gasteiger partial charge in [0.05, 0.1) is 0 Å². The maximum atomic E-state index is 2.45. The van der Waals surface area contributed by atoms with Crippen LogP contribution in [0, 0.1) is 0 Å². The van der Waals surface area contributed by atoms with E-state index in [2.05, 4.69) is 174 Å². The van der Waals surface area contributed by atoms with E-state index >= 15 is 0 Å². The Hall–Kier alpha value is -2.15. The van der Waals surface area contributed by atoms with Crippen molar-refractivity contribution in [1.29, 1.82) is 0 Å². The van der Waals surface area contributed by atoms with E-state index in [0.29, 0.717) is 0 Å². The van der Waals surface area contributed by atoms with E-state index < -0.39 is 16.1 Å². The summed E-state index contributed by atoms with van der Waals surface area (Å²) in [5.41, 5.74) is 6.07. The van der Waals surface area contributed by atoms with E-state index in [1.807, 2.05) is 30.3 Å². The molecule has 0 nitrogen and oxygen atoms in total. The third-order valence-electron chi connectivity index (χ3n) is 12.6. The SMILES string of the molecule is CC(C)(C)c1ccc2c(c1)[cH-]c1cc(C(C)(C)C)ccc12.CC[Si](CC)(CC)c1ccc([C](=[Hf+2])c2ccc([Si](CC)(CC)CC)cc2)cc1.[Cl-].[Cl-].c1cc[cH-]c1.